The van der Waals surface area contributed by atoms with Crippen LogP contribution in [0.25, 0.3) is 0 Å². The topological polar surface area (TPSA) is 105 Å². The summed E-state index contributed by atoms with van der Waals surface area (Å²) in [7, 11) is 0. The zero-order valence-corrected chi connectivity index (χ0v) is 10.9. The quantitative estimate of drug-likeness (QED) is 0.509. The Balaban J connectivity index is 1.68. The first-order valence-electron chi connectivity index (χ1n) is 6.18. The summed E-state index contributed by atoms with van der Waals surface area (Å²) in [6.07, 6.45) is 3.04. The Labute approximate surface area is 119 Å². The molecule has 0 aliphatic carbocycles. The second-order valence-electron chi connectivity index (χ2n) is 4.42. The Morgan fingerprint density at radius 2 is 1.71 bits per heavy atom. The van der Waals surface area contributed by atoms with E-state index in [1.807, 2.05) is 30.3 Å². The highest BCUT2D eigenvalue weighted by Gasteiger charge is 2.13. The van der Waals surface area contributed by atoms with Gasteiger partial charge in [-0.3, -0.25) is 0 Å². The van der Waals surface area contributed by atoms with Gasteiger partial charge in [0, 0.05) is 0 Å². The van der Waals surface area contributed by atoms with Gasteiger partial charge in [0.05, 0.1) is 24.5 Å². The Hall–Kier alpha value is -3.10. The third kappa shape index (κ3) is 3.08. The van der Waals surface area contributed by atoms with Crippen LogP contribution in [0.1, 0.15) is 11.3 Å². The smallest absolute Gasteiger partial charge is 0.358 e. The predicted molar refractivity (Wildman–Crippen MR) is 71.3 cm³/mol. The van der Waals surface area contributed by atoms with E-state index in [0.29, 0.717) is 12.2 Å². The molecule has 0 saturated heterocycles. The van der Waals surface area contributed by atoms with Gasteiger partial charge in [0.25, 0.3) is 0 Å². The summed E-state index contributed by atoms with van der Waals surface area (Å²) in [5.74, 6) is -0.285. The van der Waals surface area contributed by atoms with Crippen molar-refractivity contribution < 1.29 is 4.92 Å². The van der Waals surface area contributed by atoms with E-state index < -0.39 is 4.92 Å². The first kappa shape index (κ1) is 12.9. The first-order valence-corrected chi connectivity index (χ1v) is 6.18. The van der Waals surface area contributed by atoms with Gasteiger partial charge in [0.2, 0.25) is 0 Å². The highest BCUT2D eigenvalue weighted by Crippen LogP contribution is 2.06. The van der Waals surface area contributed by atoms with Crippen LogP contribution >= 0.6 is 0 Å². The number of nitro groups is 1. The van der Waals surface area contributed by atoms with E-state index in [2.05, 4.69) is 20.6 Å². The summed E-state index contributed by atoms with van der Waals surface area (Å²) in [4.78, 5) is 9.94. The maximum Gasteiger partial charge on any atom is 0.410 e. The van der Waals surface area contributed by atoms with Crippen molar-refractivity contribution in [2.24, 2.45) is 0 Å². The second kappa shape index (κ2) is 5.49. The molecular weight excluding hydrogens is 274 g/mol. The Kier molecular flexibility index (Phi) is 3.37. The molecule has 3 aromatic rings. The third-order valence-corrected chi connectivity index (χ3v) is 2.81. The van der Waals surface area contributed by atoms with Gasteiger partial charge in [-0.2, -0.15) is 0 Å². The van der Waals surface area contributed by atoms with Crippen molar-refractivity contribution in [1.82, 2.24) is 30.0 Å². The number of hydrogen-bond acceptors (Lipinski definition) is 6. The van der Waals surface area contributed by atoms with Crippen molar-refractivity contribution in [3.8, 4) is 0 Å². The van der Waals surface area contributed by atoms with Crippen molar-refractivity contribution in [2.45, 2.75) is 13.1 Å². The lowest BCUT2D eigenvalue weighted by Crippen LogP contribution is -2.01. The minimum atomic E-state index is -0.588. The van der Waals surface area contributed by atoms with Crippen LogP contribution in [-0.4, -0.2) is 34.9 Å². The molecule has 1 aromatic carbocycles. The van der Waals surface area contributed by atoms with Crippen molar-refractivity contribution in [2.75, 3.05) is 0 Å². The molecule has 0 aliphatic heterocycles. The number of hydrogen-bond donors (Lipinski definition) is 0. The maximum absolute atomic E-state index is 10.5. The van der Waals surface area contributed by atoms with E-state index in [1.165, 1.54) is 10.9 Å². The third-order valence-electron chi connectivity index (χ3n) is 2.81. The van der Waals surface area contributed by atoms with Crippen LogP contribution in [0.3, 0.4) is 0 Å². The zero-order chi connectivity index (χ0) is 14.7. The van der Waals surface area contributed by atoms with E-state index in [1.54, 1.807) is 10.9 Å². The first-order chi connectivity index (χ1) is 10.2. The number of rotatable bonds is 5. The summed E-state index contributed by atoms with van der Waals surface area (Å²) in [6, 6.07) is 9.88. The summed E-state index contributed by atoms with van der Waals surface area (Å²) in [5, 5.41) is 25.7. The van der Waals surface area contributed by atoms with Crippen LogP contribution in [0.4, 0.5) is 5.82 Å². The van der Waals surface area contributed by atoms with Gasteiger partial charge >= 0.3 is 5.82 Å². The summed E-state index contributed by atoms with van der Waals surface area (Å²) >= 11 is 0. The molecule has 0 fully saturated rings. The molecule has 0 spiro atoms. The van der Waals surface area contributed by atoms with E-state index >= 15 is 0 Å². The predicted octanol–water partition coefficient (Wildman–Crippen LogP) is 0.874. The summed E-state index contributed by atoms with van der Waals surface area (Å²) in [6.45, 7) is 0.904. The van der Waals surface area contributed by atoms with Crippen LogP contribution in [-0.2, 0) is 13.1 Å². The Bertz CT molecular complexity index is 750. The molecule has 9 heteroatoms. The molecule has 9 nitrogen and oxygen atoms in total. The molecular formula is C12H11N7O2. The van der Waals surface area contributed by atoms with Crippen LogP contribution in [0.5, 0.6) is 0 Å². The number of aromatic nitrogens is 6. The fourth-order valence-electron chi connectivity index (χ4n) is 1.87. The van der Waals surface area contributed by atoms with E-state index in [-0.39, 0.29) is 12.4 Å². The molecule has 2 aromatic heterocycles. The lowest BCUT2D eigenvalue weighted by Gasteiger charge is -1.99. The maximum atomic E-state index is 10.5. The second-order valence-corrected chi connectivity index (χ2v) is 4.42. The van der Waals surface area contributed by atoms with Crippen molar-refractivity contribution >= 4 is 5.82 Å². The Morgan fingerprint density at radius 3 is 2.43 bits per heavy atom. The molecule has 0 amide bonds. The molecule has 0 unspecified atom stereocenters. The monoisotopic (exact) mass is 285 g/mol. The fourth-order valence-corrected chi connectivity index (χ4v) is 1.87. The normalized spacial score (nSPS) is 10.7. The molecule has 0 N–H and O–H groups in total. The van der Waals surface area contributed by atoms with Gasteiger partial charge in [0.15, 0.2) is 0 Å². The van der Waals surface area contributed by atoms with Crippen LogP contribution < -0.4 is 0 Å². The van der Waals surface area contributed by atoms with E-state index in [0.717, 1.165) is 5.56 Å². The lowest BCUT2D eigenvalue weighted by molar-refractivity contribution is -0.389. The largest absolute Gasteiger partial charge is 0.410 e. The molecule has 0 bridgehead atoms. The average Bonchev–Trinajstić information content (AvgIpc) is 3.10. The van der Waals surface area contributed by atoms with Gasteiger partial charge in [-0.05, 0) is 10.5 Å². The van der Waals surface area contributed by atoms with Gasteiger partial charge < -0.3 is 10.1 Å². The summed E-state index contributed by atoms with van der Waals surface area (Å²) < 4.78 is 3.06. The minimum Gasteiger partial charge on any atom is -0.358 e. The van der Waals surface area contributed by atoms with E-state index in [4.69, 9.17) is 0 Å². The number of nitrogens with zero attached hydrogens (tertiary/aromatic N) is 7. The fraction of sp³-hybridized carbons (Fsp3) is 0.167. The van der Waals surface area contributed by atoms with Crippen LogP contribution in [0, 0.1) is 10.1 Å². The molecule has 0 saturated carbocycles. The van der Waals surface area contributed by atoms with Gasteiger partial charge in [0.1, 0.15) is 17.0 Å². The van der Waals surface area contributed by atoms with Crippen LogP contribution in [0.15, 0.2) is 42.7 Å². The minimum absolute atomic E-state index is 0.285. The van der Waals surface area contributed by atoms with E-state index in [9.17, 15) is 10.1 Å². The standard InChI is InChI=1S/C12H11N7O2/c20-19(21)12-9-18(16-14-12)8-11-7-17(15-13-11)6-10-4-2-1-3-5-10/h1-5,7,9H,6,8H2. The van der Waals surface area contributed by atoms with Gasteiger partial charge in [-0.25, -0.2) is 9.36 Å². The molecule has 0 atom stereocenters. The lowest BCUT2D eigenvalue weighted by atomic mass is 10.2. The van der Waals surface area contributed by atoms with Crippen molar-refractivity contribution in [3.63, 3.8) is 0 Å². The highest BCUT2D eigenvalue weighted by molar-refractivity contribution is 5.15. The van der Waals surface area contributed by atoms with Crippen molar-refractivity contribution in [3.05, 3.63) is 64.1 Å². The average molecular weight is 285 g/mol. The molecule has 21 heavy (non-hydrogen) atoms. The Morgan fingerprint density at radius 1 is 1.00 bits per heavy atom. The highest BCUT2D eigenvalue weighted by atomic mass is 16.6. The molecule has 0 aliphatic rings. The molecule has 106 valence electrons. The molecule has 2 heterocycles. The van der Waals surface area contributed by atoms with Gasteiger partial charge in [-0.1, -0.05) is 35.5 Å². The molecule has 0 radical (unpaired) electrons. The van der Waals surface area contributed by atoms with Gasteiger partial charge in [-0.15, -0.1) is 5.10 Å². The van der Waals surface area contributed by atoms with Crippen molar-refractivity contribution in [1.29, 1.82) is 0 Å². The summed E-state index contributed by atoms with van der Waals surface area (Å²) in [5.41, 5.74) is 1.77. The molecule has 3 rings (SSSR count). The zero-order valence-electron chi connectivity index (χ0n) is 10.9. The number of benzene rings is 1. The SMILES string of the molecule is O=[N+]([O-])c1cn(Cc2cn(Cc3ccccc3)nn2)nn1. The van der Waals surface area contributed by atoms with Crippen LogP contribution in [0.2, 0.25) is 0 Å².